The molecule has 3 rings (SSSR count). The molecule has 2 aliphatic rings. The summed E-state index contributed by atoms with van der Waals surface area (Å²) < 4.78 is 0. The molecule has 1 aliphatic heterocycles. The van der Waals surface area contributed by atoms with Gasteiger partial charge in [0.1, 0.15) is 0 Å². The van der Waals surface area contributed by atoms with E-state index in [1.165, 1.54) is 24.0 Å². The second kappa shape index (κ2) is 5.94. The summed E-state index contributed by atoms with van der Waals surface area (Å²) in [6.07, 6.45) is 3.44. The molecule has 1 aromatic rings. The number of rotatable bonds is 3. The lowest BCUT2D eigenvalue weighted by Gasteiger charge is -2.28. The van der Waals surface area contributed by atoms with Crippen LogP contribution in [0, 0.1) is 0 Å². The second-order valence-electron chi connectivity index (χ2n) is 5.81. The van der Waals surface area contributed by atoms with Crippen LogP contribution in [-0.2, 0) is 11.2 Å². The van der Waals surface area contributed by atoms with E-state index in [-0.39, 0.29) is 6.54 Å². The summed E-state index contributed by atoms with van der Waals surface area (Å²) >= 11 is 0. The third-order valence-corrected chi connectivity index (χ3v) is 4.52. The molecule has 0 aromatic heterocycles. The van der Waals surface area contributed by atoms with E-state index >= 15 is 0 Å². The van der Waals surface area contributed by atoms with Gasteiger partial charge in [-0.15, -0.1) is 0 Å². The number of aryl methyl sites for hydroxylation is 1. The van der Waals surface area contributed by atoms with Crippen molar-refractivity contribution in [3.63, 3.8) is 0 Å². The molecule has 20 heavy (non-hydrogen) atoms. The quantitative estimate of drug-likeness (QED) is 0.912. The van der Waals surface area contributed by atoms with E-state index in [2.05, 4.69) is 34.1 Å². The van der Waals surface area contributed by atoms with Crippen molar-refractivity contribution in [2.45, 2.75) is 25.3 Å². The third kappa shape index (κ3) is 2.86. The van der Waals surface area contributed by atoms with Crippen LogP contribution in [0.25, 0.3) is 0 Å². The van der Waals surface area contributed by atoms with Gasteiger partial charge in [0.15, 0.2) is 0 Å². The first-order valence-corrected chi connectivity index (χ1v) is 7.50. The van der Waals surface area contributed by atoms with Crippen molar-refractivity contribution >= 4 is 5.97 Å². The van der Waals surface area contributed by atoms with Crippen LogP contribution >= 0.6 is 0 Å². The number of carbonyl (C=O) groups is 1. The Morgan fingerprint density at radius 1 is 1.20 bits per heavy atom. The molecule has 108 valence electrons. The Balaban J connectivity index is 1.66. The highest BCUT2D eigenvalue weighted by molar-refractivity contribution is 5.69. The lowest BCUT2D eigenvalue weighted by atomic mass is 10.1. The summed E-state index contributed by atoms with van der Waals surface area (Å²) in [7, 11) is 0. The third-order valence-electron chi connectivity index (χ3n) is 4.52. The predicted octanol–water partition coefficient (Wildman–Crippen LogP) is 1.77. The number of fused-ring (bicyclic) bond motifs is 1. The van der Waals surface area contributed by atoms with Gasteiger partial charge in [-0.1, -0.05) is 24.3 Å². The molecule has 0 radical (unpaired) electrons. The van der Waals surface area contributed by atoms with Gasteiger partial charge in [0.05, 0.1) is 6.54 Å². The molecule has 4 nitrogen and oxygen atoms in total. The van der Waals surface area contributed by atoms with Gasteiger partial charge in [0, 0.05) is 32.2 Å². The molecule has 1 saturated heterocycles. The highest BCUT2D eigenvalue weighted by atomic mass is 16.4. The molecule has 1 aliphatic carbocycles. The molecule has 4 heteroatoms. The normalized spacial score (nSPS) is 24.3. The highest BCUT2D eigenvalue weighted by Gasteiger charge is 2.28. The van der Waals surface area contributed by atoms with Crippen LogP contribution in [0.2, 0.25) is 0 Å². The van der Waals surface area contributed by atoms with E-state index in [0.717, 1.165) is 32.6 Å². The Morgan fingerprint density at radius 2 is 2.05 bits per heavy atom. The fourth-order valence-corrected chi connectivity index (χ4v) is 3.57. The van der Waals surface area contributed by atoms with Gasteiger partial charge in [0.25, 0.3) is 0 Å². The average molecular weight is 274 g/mol. The zero-order chi connectivity index (χ0) is 13.9. The Hall–Kier alpha value is -1.39. The molecular formula is C16H22N2O2. The van der Waals surface area contributed by atoms with Gasteiger partial charge in [-0.05, 0) is 30.4 Å². The van der Waals surface area contributed by atoms with E-state index < -0.39 is 5.97 Å². The topological polar surface area (TPSA) is 43.8 Å². The Bertz CT molecular complexity index is 489. The number of hydrogen-bond donors (Lipinski definition) is 1. The number of nitrogens with zero attached hydrogens (tertiary/aromatic N) is 2. The van der Waals surface area contributed by atoms with Crippen LogP contribution in [0.5, 0.6) is 0 Å². The number of benzene rings is 1. The lowest BCUT2D eigenvalue weighted by Crippen LogP contribution is -2.35. The molecule has 1 fully saturated rings. The summed E-state index contributed by atoms with van der Waals surface area (Å²) in [5.74, 6) is -0.718. The number of carboxylic acid groups (broad SMARTS) is 1. The van der Waals surface area contributed by atoms with Crippen LogP contribution in [0.15, 0.2) is 24.3 Å². The van der Waals surface area contributed by atoms with Gasteiger partial charge in [-0.3, -0.25) is 14.6 Å². The van der Waals surface area contributed by atoms with E-state index in [9.17, 15) is 4.79 Å². The van der Waals surface area contributed by atoms with Gasteiger partial charge >= 0.3 is 5.97 Å². The zero-order valence-electron chi connectivity index (χ0n) is 11.8. The summed E-state index contributed by atoms with van der Waals surface area (Å²) in [5.41, 5.74) is 2.98. The maximum Gasteiger partial charge on any atom is 0.317 e. The average Bonchev–Trinajstić information content (AvgIpc) is 2.73. The molecule has 1 unspecified atom stereocenters. The standard InChI is InChI=1S/C16H22N2O2/c19-16(20)12-17-8-3-9-18(11-10-17)15-7-6-13-4-1-2-5-14(13)15/h1-2,4-5,15H,3,6-12H2,(H,19,20). The first-order valence-electron chi connectivity index (χ1n) is 7.50. The van der Waals surface area contributed by atoms with Crippen molar-refractivity contribution in [3.8, 4) is 0 Å². The fraction of sp³-hybridized carbons (Fsp3) is 0.562. The van der Waals surface area contributed by atoms with Crippen molar-refractivity contribution in [2.24, 2.45) is 0 Å². The summed E-state index contributed by atoms with van der Waals surface area (Å²) in [6.45, 7) is 4.00. The largest absolute Gasteiger partial charge is 0.480 e. The van der Waals surface area contributed by atoms with E-state index in [1.54, 1.807) is 0 Å². The molecule has 0 bridgehead atoms. The minimum atomic E-state index is -0.718. The van der Waals surface area contributed by atoms with Crippen molar-refractivity contribution in [1.29, 1.82) is 0 Å². The first-order chi connectivity index (χ1) is 9.74. The fourth-order valence-electron chi connectivity index (χ4n) is 3.57. The molecule has 1 heterocycles. The van der Waals surface area contributed by atoms with Crippen LogP contribution in [-0.4, -0.2) is 53.6 Å². The van der Waals surface area contributed by atoms with Crippen molar-refractivity contribution < 1.29 is 9.90 Å². The predicted molar refractivity (Wildman–Crippen MR) is 77.8 cm³/mol. The molecule has 0 saturated carbocycles. The number of hydrogen-bond acceptors (Lipinski definition) is 3. The van der Waals surface area contributed by atoms with Gasteiger partial charge < -0.3 is 5.11 Å². The Labute approximate surface area is 120 Å². The minimum Gasteiger partial charge on any atom is -0.480 e. The van der Waals surface area contributed by atoms with Crippen LogP contribution < -0.4 is 0 Å². The molecule has 0 spiro atoms. The SMILES string of the molecule is O=C(O)CN1CCCN(C2CCc3ccccc32)CC1. The smallest absolute Gasteiger partial charge is 0.317 e. The number of aliphatic carboxylic acids is 1. The van der Waals surface area contributed by atoms with Crippen molar-refractivity contribution in [3.05, 3.63) is 35.4 Å². The molecule has 1 N–H and O–H groups in total. The zero-order valence-corrected chi connectivity index (χ0v) is 11.8. The van der Waals surface area contributed by atoms with E-state index in [4.69, 9.17) is 5.11 Å². The summed E-state index contributed by atoms with van der Waals surface area (Å²) in [6, 6.07) is 9.29. The van der Waals surface area contributed by atoms with Crippen LogP contribution in [0.3, 0.4) is 0 Å². The monoisotopic (exact) mass is 274 g/mol. The molecule has 0 amide bonds. The lowest BCUT2D eigenvalue weighted by molar-refractivity contribution is -0.138. The summed E-state index contributed by atoms with van der Waals surface area (Å²) in [4.78, 5) is 15.4. The first kappa shape index (κ1) is 13.6. The van der Waals surface area contributed by atoms with E-state index in [1.807, 2.05) is 0 Å². The minimum absolute atomic E-state index is 0.176. The van der Waals surface area contributed by atoms with Gasteiger partial charge in [0.2, 0.25) is 0 Å². The van der Waals surface area contributed by atoms with E-state index in [0.29, 0.717) is 6.04 Å². The van der Waals surface area contributed by atoms with Crippen LogP contribution in [0.1, 0.15) is 30.0 Å². The maximum atomic E-state index is 10.8. The van der Waals surface area contributed by atoms with Crippen molar-refractivity contribution in [2.75, 3.05) is 32.7 Å². The molecule has 1 atom stereocenters. The second-order valence-corrected chi connectivity index (χ2v) is 5.81. The molecular weight excluding hydrogens is 252 g/mol. The Morgan fingerprint density at radius 3 is 2.90 bits per heavy atom. The Kier molecular flexibility index (Phi) is 4.03. The van der Waals surface area contributed by atoms with Gasteiger partial charge in [-0.2, -0.15) is 0 Å². The van der Waals surface area contributed by atoms with Crippen molar-refractivity contribution in [1.82, 2.24) is 9.80 Å². The highest BCUT2D eigenvalue weighted by Crippen LogP contribution is 2.35. The van der Waals surface area contributed by atoms with Gasteiger partial charge in [-0.25, -0.2) is 0 Å². The summed E-state index contributed by atoms with van der Waals surface area (Å²) in [5, 5.41) is 8.91. The number of carboxylic acids is 1. The molecule has 1 aromatic carbocycles. The maximum absolute atomic E-state index is 10.8. The van der Waals surface area contributed by atoms with Crippen LogP contribution in [0.4, 0.5) is 0 Å².